The van der Waals surface area contributed by atoms with Crippen LogP contribution in [0.3, 0.4) is 0 Å². The quantitative estimate of drug-likeness (QED) is 0.0346. The topological polar surface area (TPSA) is 430 Å². The van der Waals surface area contributed by atoms with E-state index in [-0.39, 0.29) is 50.4 Å². The van der Waals surface area contributed by atoms with Crippen molar-refractivity contribution in [2.75, 3.05) is 19.8 Å². The number of aliphatic hydroxyl groups excluding tert-OH is 2. The minimum atomic E-state index is -1.29. The second-order valence-corrected chi connectivity index (χ2v) is 22.1. The molecule has 0 saturated heterocycles. The number of ether oxygens (including phenoxy) is 1. The van der Waals surface area contributed by atoms with Gasteiger partial charge >= 0.3 is 17.9 Å². The fraction of sp³-hybridized carbons (Fsp3) is 0.203. The van der Waals surface area contributed by atoms with Crippen molar-refractivity contribution in [2.45, 2.75) is 62.1 Å². The summed E-state index contributed by atoms with van der Waals surface area (Å²) in [4.78, 5) is 72.9. The Kier molecular flexibility index (Phi) is 27.3. The summed E-state index contributed by atoms with van der Waals surface area (Å²) in [5, 5.41) is 75.5. The molecule has 30 nitrogen and oxygen atoms in total. The summed E-state index contributed by atoms with van der Waals surface area (Å²) in [5.41, 5.74) is 31.9. The number of aliphatic hydroxyl groups is 2. The highest BCUT2D eigenvalue weighted by atomic mass is 35.5. The fourth-order valence-electron chi connectivity index (χ4n) is 9.43. The SMILES string of the molecule is O=C(O)[C@H](CO)N[C@@H](Cc1ccc(-c2cccc(Cl)c2)cc1)C(=O)NC1=NNNN1.O=C(O)[C@H](CO)N[C@@H](Cc1ccc(-c2ccccc2)cc1)C(=O)NC1=NNNN1.O=C(O)[C@H](COCc1ccccc1)N[C@@H](Cc1ccc(-c2cccc(Cl)c2)cc1)C(=O)NC1=NNNN1. The van der Waals surface area contributed by atoms with Gasteiger partial charge in [-0.05, 0) is 99.2 Å². The van der Waals surface area contributed by atoms with Crippen molar-refractivity contribution in [3.05, 3.63) is 214 Å². The Morgan fingerprint density at radius 1 is 0.385 bits per heavy atom. The van der Waals surface area contributed by atoms with E-state index in [1.165, 1.54) is 0 Å². The van der Waals surface area contributed by atoms with Crippen LogP contribution in [0.25, 0.3) is 33.4 Å². The number of halogens is 2. The van der Waals surface area contributed by atoms with Crippen molar-refractivity contribution in [1.29, 1.82) is 0 Å². The van der Waals surface area contributed by atoms with Crippen LogP contribution in [-0.4, -0.2) is 135 Å². The molecule has 0 saturated carbocycles. The number of carbonyl (C=O) groups is 6. The number of hydrogen-bond donors (Lipinski definition) is 20. The summed E-state index contributed by atoms with van der Waals surface area (Å²) in [5.74, 6) is -4.63. The molecule has 20 N–H and O–H groups in total. The van der Waals surface area contributed by atoms with Crippen molar-refractivity contribution >= 4 is 76.7 Å². The molecule has 3 amide bonds. The Balaban J connectivity index is 0.000000186. The molecule has 96 heavy (non-hydrogen) atoms. The van der Waals surface area contributed by atoms with E-state index in [0.29, 0.717) is 10.0 Å². The molecular formula is C64H70Cl2N18O12. The molecular weight excluding hydrogens is 1280 g/mol. The first kappa shape index (κ1) is 71.2. The molecule has 10 rings (SSSR count). The number of guanidine groups is 3. The monoisotopic (exact) mass is 1350 g/mol. The van der Waals surface area contributed by atoms with E-state index in [1.807, 2.05) is 176 Å². The number of nitrogens with zero attached hydrogens (tertiary/aromatic N) is 3. The van der Waals surface area contributed by atoms with Crippen LogP contribution in [0.15, 0.2) is 197 Å². The summed E-state index contributed by atoms with van der Waals surface area (Å²) in [6.45, 7) is -1.17. The maximum absolute atomic E-state index is 13.1. The van der Waals surface area contributed by atoms with Gasteiger partial charge in [0.1, 0.15) is 18.1 Å². The highest BCUT2D eigenvalue weighted by Gasteiger charge is 2.31. The fourth-order valence-corrected chi connectivity index (χ4v) is 9.81. The lowest BCUT2D eigenvalue weighted by Crippen LogP contribution is -2.56. The summed E-state index contributed by atoms with van der Waals surface area (Å²) in [6.07, 6.45) is 0.649. The molecule has 7 aromatic carbocycles. The maximum Gasteiger partial charge on any atom is 0.323 e. The molecule has 0 radical (unpaired) electrons. The highest BCUT2D eigenvalue weighted by molar-refractivity contribution is 6.31. The molecule has 0 unspecified atom stereocenters. The van der Waals surface area contributed by atoms with E-state index in [1.54, 1.807) is 6.07 Å². The third kappa shape index (κ3) is 22.6. The van der Waals surface area contributed by atoms with Gasteiger partial charge in [-0.25, -0.2) is 16.6 Å². The third-order valence-corrected chi connectivity index (χ3v) is 14.8. The number of aliphatic carboxylic acids is 3. The van der Waals surface area contributed by atoms with E-state index in [4.69, 9.17) is 27.9 Å². The highest BCUT2D eigenvalue weighted by Crippen LogP contribution is 2.26. The molecule has 0 aromatic heterocycles. The summed E-state index contributed by atoms with van der Waals surface area (Å²) in [7, 11) is 0. The molecule has 3 aliphatic heterocycles. The summed E-state index contributed by atoms with van der Waals surface area (Å²) in [6, 6.07) is 50.7. The van der Waals surface area contributed by atoms with Gasteiger partial charge in [0, 0.05) is 10.0 Å². The van der Waals surface area contributed by atoms with Crippen LogP contribution in [-0.2, 0) is 59.4 Å². The van der Waals surface area contributed by atoms with Crippen molar-refractivity contribution in [1.82, 2.24) is 81.4 Å². The van der Waals surface area contributed by atoms with Crippen LogP contribution in [0.1, 0.15) is 22.3 Å². The number of benzene rings is 7. The average molecular weight is 1350 g/mol. The molecule has 3 heterocycles. The second kappa shape index (κ2) is 36.7. The standard InChI is InChI=1S/C26H27ClN6O4.C19H21ClN6O4.C19H22N6O4/c27-21-8-4-7-20(14-21)19-11-9-17(10-12-19)13-22(24(34)29-26-30-32-33-31-26)28-23(25(35)36)16-37-15-18-5-2-1-3-6-18;20-14-3-1-2-13(9-14)12-6-4-11(5-7-12)8-15(21-16(10-27)18(29)30)17(28)22-19-23-25-26-24-19;26-11-16(18(28)29)20-15(17(27)21-19-22-24-25-23-19)10-12-6-8-14(9-7-12)13-4-2-1-3-5-13/h1-12,14,22-23,28,32-33H,13,15-16H2,(H,35,36)(H2,29,30,31,34);1-7,9,15-16,21,25-27H,8,10H2,(H,29,30)(H2,22,23,24,28);1-9,15-16,20,24-26H,10-11H2,(H,28,29)(H2,21,22,23,27)/t22-,23-;2*15-,16-/m000/s1. The Morgan fingerprint density at radius 3 is 1.03 bits per heavy atom. The van der Waals surface area contributed by atoms with Crippen LogP contribution >= 0.6 is 23.2 Å². The Morgan fingerprint density at radius 2 is 0.708 bits per heavy atom. The molecule has 0 spiro atoms. The van der Waals surface area contributed by atoms with Crippen LogP contribution in [0.2, 0.25) is 10.0 Å². The van der Waals surface area contributed by atoms with E-state index >= 15 is 0 Å². The maximum atomic E-state index is 13.1. The number of amides is 3. The number of nitrogens with one attached hydrogen (secondary N) is 15. The largest absolute Gasteiger partial charge is 0.480 e. The van der Waals surface area contributed by atoms with Gasteiger partial charge < -0.3 is 30.3 Å². The van der Waals surface area contributed by atoms with Gasteiger partial charge in [0.2, 0.25) is 35.6 Å². The Bertz CT molecular complexity index is 3830. The number of rotatable bonds is 27. The lowest BCUT2D eigenvalue weighted by molar-refractivity contribution is -0.142. The number of carbonyl (C=O) groups excluding carboxylic acids is 3. The van der Waals surface area contributed by atoms with Crippen molar-refractivity contribution in [3.8, 4) is 33.4 Å². The van der Waals surface area contributed by atoms with Gasteiger partial charge in [-0.3, -0.25) is 76.9 Å². The number of carboxylic acids is 3. The molecule has 6 atom stereocenters. The first-order valence-corrected chi connectivity index (χ1v) is 30.3. The average Bonchev–Trinajstić information content (AvgIpc) is 1.26. The van der Waals surface area contributed by atoms with Gasteiger partial charge in [-0.2, -0.15) is 0 Å². The first-order valence-electron chi connectivity index (χ1n) is 29.6. The molecule has 3 aliphatic rings. The van der Waals surface area contributed by atoms with Crippen LogP contribution in [0, 0.1) is 0 Å². The normalized spacial score (nSPS) is 14.6. The van der Waals surface area contributed by atoms with Gasteiger partial charge in [0.15, 0.2) is 0 Å². The third-order valence-electron chi connectivity index (χ3n) is 14.4. The van der Waals surface area contributed by atoms with Gasteiger partial charge in [-0.1, -0.05) is 181 Å². The zero-order chi connectivity index (χ0) is 68.2. The van der Waals surface area contributed by atoms with E-state index in [2.05, 4.69) is 96.7 Å². The zero-order valence-corrected chi connectivity index (χ0v) is 52.4. The molecule has 0 aliphatic carbocycles. The van der Waals surface area contributed by atoms with Crippen molar-refractivity contribution in [2.24, 2.45) is 15.3 Å². The van der Waals surface area contributed by atoms with E-state index < -0.39 is 85.1 Å². The molecule has 502 valence electrons. The number of hydrogen-bond acceptors (Lipinski definition) is 24. The van der Waals surface area contributed by atoms with Crippen LogP contribution in [0.5, 0.6) is 0 Å². The van der Waals surface area contributed by atoms with E-state index in [9.17, 15) is 54.3 Å². The van der Waals surface area contributed by atoms with Gasteiger partial charge in [0.25, 0.3) is 0 Å². The number of hydrazone groups is 3. The Hall–Kier alpha value is -10.6. The number of hydrazine groups is 6. The molecule has 7 aromatic rings. The van der Waals surface area contributed by atoms with Crippen LogP contribution in [0.4, 0.5) is 0 Å². The molecule has 0 bridgehead atoms. The predicted molar refractivity (Wildman–Crippen MR) is 357 cm³/mol. The number of carboxylic acid groups (broad SMARTS) is 3. The zero-order valence-electron chi connectivity index (χ0n) is 50.9. The van der Waals surface area contributed by atoms with Crippen LogP contribution < -0.4 is 81.4 Å². The molecule has 32 heteroatoms. The van der Waals surface area contributed by atoms with Gasteiger partial charge in [0.05, 0.1) is 44.6 Å². The predicted octanol–water partition coefficient (Wildman–Crippen LogP) is 1.43. The minimum Gasteiger partial charge on any atom is -0.480 e. The second-order valence-electron chi connectivity index (χ2n) is 21.2. The Labute approximate surface area is 559 Å². The summed E-state index contributed by atoms with van der Waals surface area (Å²) < 4.78 is 5.64. The smallest absolute Gasteiger partial charge is 0.323 e. The minimum absolute atomic E-state index is 0.121. The van der Waals surface area contributed by atoms with Crippen molar-refractivity contribution in [3.63, 3.8) is 0 Å². The van der Waals surface area contributed by atoms with E-state index in [0.717, 1.165) is 55.6 Å². The first-order chi connectivity index (χ1) is 46.5. The summed E-state index contributed by atoms with van der Waals surface area (Å²) >= 11 is 12.2. The van der Waals surface area contributed by atoms with Crippen molar-refractivity contribution < 1.29 is 59.0 Å². The van der Waals surface area contributed by atoms with Gasteiger partial charge in [-0.15, -0.1) is 31.9 Å². The lowest BCUT2D eigenvalue weighted by atomic mass is 10.00. The lowest BCUT2D eigenvalue weighted by Gasteiger charge is -2.23. The molecule has 0 fully saturated rings.